The van der Waals surface area contributed by atoms with Gasteiger partial charge in [-0.15, -0.1) is 5.10 Å². The summed E-state index contributed by atoms with van der Waals surface area (Å²) in [5.74, 6) is 0.661. The normalized spacial score (nSPS) is 22.7. The molecule has 1 aromatic carbocycles. The number of H-pyrrole nitrogens is 1. The Morgan fingerprint density at radius 1 is 1.21 bits per heavy atom. The van der Waals surface area contributed by atoms with Gasteiger partial charge in [0.1, 0.15) is 0 Å². The van der Waals surface area contributed by atoms with Crippen LogP contribution in [0.1, 0.15) is 18.4 Å². The molecule has 0 bridgehead atoms. The second-order valence-electron chi connectivity index (χ2n) is 8.76. The molecule has 2 atom stereocenters. The van der Waals surface area contributed by atoms with Crippen molar-refractivity contribution in [1.82, 2.24) is 29.9 Å². The van der Waals surface area contributed by atoms with Crippen LogP contribution in [0.3, 0.4) is 0 Å². The number of halogens is 2. The van der Waals surface area contributed by atoms with E-state index in [1.54, 1.807) is 4.68 Å². The van der Waals surface area contributed by atoms with Crippen molar-refractivity contribution >= 4 is 23.5 Å². The fraction of sp³-hybridized carbons (Fsp3) is 0.500. The molecule has 2 fully saturated rings. The van der Waals surface area contributed by atoms with Gasteiger partial charge in [0.15, 0.2) is 5.82 Å². The lowest BCUT2D eigenvalue weighted by atomic mass is 9.96. The highest BCUT2D eigenvalue weighted by molar-refractivity contribution is 6.30. The maximum absolute atomic E-state index is 13.4. The number of nitrogen functional groups attached to an aromatic ring is 1. The number of piperidine rings is 1. The second kappa shape index (κ2) is 9.66. The minimum absolute atomic E-state index is 0.0448. The number of rotatable bonds is 6. The lowest BCUT2D eigenvalue weighted by Gasteiger charge is -2.46. The molecule has 0 unspecified atom stereocenters. The van der Waals surface area contributed by atoms with Gasteiger partial charge in [0.2, 0.25) is 11.9 Å². The molecule has 0 amide bonds. The zero-order valence-corrected chi connectivity index (χ0v) is 19.0. The first-order valence-electron chi connectivity index (χ1n) is 11.3. The van der Waals surface area contributed by atoms with Crippen LogP contribution in [0, 0.1) is 5.82 Å². The maximum atomic E-state index is 13.4. The Kier molecular flexibility index (Phi) is 6.48. The zero-order valence-electron chi connectivity index (χ0n) is 18.3. The summed E-state index contributed by atoms with van der Waals surface area (Å²) in [6, 6.07) is 8.69. The van der Waals surface area contributed by atoms with E-state index in [0.717, 1.165) is 43.9 Å². The first kappa shape index (κ1) is 22.1. The molecule has 0 spiro atoms. The SMILES string of the molecule is Nc1nc(N2CCC(N3C[C@H](Cn4cc(F)cn4)OC[C@@H]3Cc3ccc(Cl)cc3)CC2)n[nH]1. The number of anilines is 2. The van der Waals surface area contributed by atoms with E-state index in [0.29, 0.717) is 31.1 Å². The molecule has 9 nitrogen and oxygen atoms in total. The first-order chi connectivity index (χ1) is 16.0. The van der Waals surface area contributed by atoms with Crippen LogP contribution < -0.4 is 10.6 Å². The summed E-state index contributed by atoms with van der Waals surface area (Å²) in [5, 5.41) is 11.7. The number of morpholine rings is 1. The van der Waals surface area contributed by atoms with Crippen LogP contribution in [-0.4, -0.2) is 74.3 Å². The van der Waals surface area contributed by atoms with Crippen LogP contribution in [0.4, 0.5) is 16.3 Å². The number of benzene rings is 1. The number of nitrogens with two attached hydrogens (primary N) is 1. The van der Waals surface area contributed by atoms with Gasteiger partial charge < -0.3 is 15.4 Å². The van der Waals surface area contributed by atoms with Crippen molar-refractivity contribution in [2.75, 3.05) is 36.9 Å². The summed E-state index contributed by atoms with van der Waals surface area (Å²) in [6.45, 7) is 3.65. The number of nitrogens with one attached hydrogen (secondary N) is 1. The summed E-state index contributed by atoms with van der Waals surface area (Å²) in [4.78, 5) is 9.01. The minimum atomic E-state index is -0.330. The van der Waals surface area contributed by atoms with Gasteiger partial charge in [0, 0.05) is 36.7 Å². The predicted octanol–water partition coefficient (Wildman–Crippen LogP) is 2.36. The Morgan fingerprint density at radius 2 is 2.00 bits per heavy atom. The molecule has 0 radical (unpaired) electrons. The average molecular weight is 475 g/mol. The molecular weight excluding hydrogens is 447 g/mol. The summed E-state index contributed by atoms with van der Waals surface area (Å²) in [7, 11) is 0. The molecular formula is C22H28ClFN8O. The van der Waals surface area contributed by atoms with E-state index >= 15 is 0 Å². The first-order valence-corrected chi connectivity index (χ1v) is 11.6. The average Bonchev–Trinajstić information content (AvgIpc) is 3.44. The van der Waals surface area contributed by atoms with Gasteiger partial charge in [0.25, 0.3) is 0 Å². The third kappa shape index (κ3) is 5.29. The molecule has 33 heavy (non-hydrogen) atoms. The molecule has 5 rings (SSSR count). The van der Waals surface area contributed by atoms with Crippen molar-refractivity contribution in [1.29, 1.82) is 0 Å². The van der Waals surface area contributed by atoms with Crippen molar-refractivity contribution in [3.05, 3.63) is 53.1 Å². The van der Waals surface area contributed by atoms with Crippen LogP contribution in [0.5, 0.6) is 0 Å². The highest BCUT2D eigenvalue weighted by Gasteiger charge is 2.36. The highest BCUT2D eigenvalue weighted by atomic mass is 35.5. The van der Waals surface area contributed by atoms with Crippen molar-refractivity contribution in [2.24, 2.45) is 0 Å². The van der Waals surface area contributed by atoms with Crippen LogP contribution in [-0.2, 0) is 17.7 Å². The van der Waals surface area contributed by atoms with E-state index in [-0.39, 0.29) is 18.0 Å². The largest absolute Gasteiger partial charge is 0.373 e. The van der Waals surface area contributed by atoms with Gasteiger partial charge in [-0.25, -0.2) is 9.49 Å². The molecule has 0 aliphatic carbocycles. The summed E-state index contributed by atoms with van der Waals surface area (Å²) in [6.07, 6.45) is 5.47. The quantitative estimate of drug-likeness (QED) is 0.565. The molecule has 4 heterocycles. The van der Waals surface area contributed by atoms with Gasteiger partial charge in [-0.3, -0.25) is 9.58 Å². The zero-order chi connectivity index (χ0) is 22.8. The topological polar surface area (TPSA) is 101 Å². The number of ether oxygens (including phenoxy) is 1. The van der Waals surface area contributed by atoms with Crippen molar-refractivity contribution in [2.45, 2.75) is 44.0 Å². The Hall–Kier alpha value is -2.69. The van der Waals surface area contributed by atoms with Crippen LogP contribution in [0.15, 0.2) is 36.7 Å². The Balaban J connectivity index is 1.28. The molecule has 2 saturated heterocycles. The fourth-order valence-corrected chi connectivity index (χ4v) is 4.98. The second-order valence-corrected chi connectivity index (χ2v) is 9.19. The van der Waals surface area contributed by atoms with Crippen LogP contribution >= 0.6 is 11.6 Å². The summed E-state index contributed by atoms with van der Waals surface area (Å²) in [5.41, 5.74) is 6.93. The van der Waals surface area contributed by atoms with Gasteiger partial charge in [0.05, 0.1) is 31.6 Å². The van der Waals surface area contributed by atoms with E-state index in [9.17, 15) is 4.39 Å². The Bertz CT molecular complexity index is 1050. The number of aromatic nitrogens is 5. The lowest BCUT2D eigenvalue weighted by Crippen LogP contribution is -2.57. The molecule has 3 aromatic rings. The third-order valence-corrected chi connectivity index (χ3v) is 6.74. The lowest BCUT2D eigenvalue weighted by molar-refractivity contribution is -0.0883. The summed E-state index contributed by atoms with van der Waals surface area (Å²) < 4.78 is 21.2. The molecule has 11 heteroatoms. The number of aromatic amines is 1. The molecule has 2 aromatic heterocycles. The molecule has 0 saturated carbocycles. The van der Waals surface area contributed by atoms with E-state index in [1.165, 1.54) is 18.0 Å². The van der Waals surface area contributed by atoms with Crippen LogP contribution in [0.2, 0.25) is 5.02 Å². The molecule has 176 valence electrons. The number of hydrogen-bond acceptors (Lipinski definition) is 7. The highest BCUT2D eigenvalue weighted by Crippen LogP contribution is 2.27. The maximum Gasteiger partial charge on any atom is 0.246 e. The van der Waals surface area contributed by atoms with Crippen molar-refractivity contribution in [3.63, 3.8) is 0 Å². The van der Waals surface area contributed by atoms with Gasteiger partial charge >= 0.3 is 0 Å². The molecule has 3 N–H and O–H groups in total. The monoisotopic (exact) mass is 474 g/mol. The minimum Gasteiger partial charge on any atom is -0.373 e. The van der Waals surface area contributed by atoms with E-state index < -0.39 is 0 Å². The van der Waals surface area contributed by atoms with Gasteiger partial charge in [-0.1, -0.05) is 23.7 Å². The van der Waals surface area contributed by atoms with Crippen LogP contribution in [0.25, 0.3) is 0 Å². The Labute approximate surface area is 196 Å². The number of nitrogens with zero attached hydrogens (tertiary/aromatic N) is 6. The molecule has 2 aliphatic rings. The van der Waals surface area contributed by atoms with Crippen molar-refractivity contribution < 1.29 is 9.13 Å². The smallest absolute Gasteiger partial charge is 0.246 e. The third-order valence-electron chi connectivity index (χ3n) is 6.49. The van der Waals surface area contributed by atoms with Gasteiger partial charge in [-0.2, -0.15) is 10.1 Å². The molecule has 2 aliphatic heterocycles. The van der Waals surface area contributed by atoms with E-state index in [4.69, 9.17) is 22.1 Å². The van der Waals surface area contributed by atoms with Gasteiger partial charge in [-0.05, 0) is 37.0 Å². The van der Waals surface area contributed by atoms with Crippen molar-refractivity contribution in [3.8, 4) is 0 Å². The summed E-state index contributed by atoms with van der Waals surface area (Å²) >= 11 is 6.07. The predicted molar refractivity (Wildman–Crippen MR) is 124 cm³/mol. The Morgan fingerprint density at radius 3 is 2.67 bits per heavy atom. The van der Waals surface area contributed by atoms with E-state index in [1.807, 2.05) is 12.1 Å². The fourth-order valence-electron chi connectivity index (χ4n) is 4.86. The van der Waals surface area contributed by atoms with E-state index in [2.05, 4.69) is 42.2 Å². The standard InChI is InChI=1S/C22H28ClFN8O/c23-16-3-1-15(2-4-16)9-19-14-33-20(12-31-11-17(24)10-26-31)13-32(19)18-5-7-30(8-6-18)22-27-21(25)28-29-22/h1-4,10-11,18-20H,5-9,12-14H2,(H3,25,27,28,29)/t19-,20-/m0/s1. The number of hydrogen-bond donors (Lipinski definition) is 2.